The first-order valence-corrected chi connectivity index (χ1v) is 21.9. The molecule has 2 aromatic rings. The number of likely N-dealkylation sites (N-methyl/N-ethyl adjacent to an activating group) is 2. The number of hydrogen-bond donors (Lipinski definition) is 2. The predicted octanol–water partition coefficient (Wildman–Crippen LogP) is 0.768. The Morgan fingerprint density at radius 3 is 1.88 bits per heavy atom. The van der Waals surface area contributed by atoms with Crippen molar-refractivity contribution in [2.45, 2.75) is 45.2 Å². The molecular formula is C43H64N10O5. The molecule has 0 atom stereocenters. The minimum absolute atomic E-state index is 0.150. The average Bonchev–Trinajstić information content (AvgIpc) is 3.24. The third-order valence-electron chi connectivity index (χ3n) is 13.2. The van der Waals surface area contributed by atoms with Gasteiger partial charge in [-0.3, -0.25) is 33.4 Å². The van der Waals surface area contributed by atoms with Crippen LogP contribution in [0.15, 0.2) is 31.5 Å². The summed E-state index contributed by atoms with van der Waals surface area (Å²) >= 11 is 0. The summed E-state index contributed by atoms with van der Waals surface area (Å²) in [6.07, 6.45) is 5.12. The van der Waals surface area contributed by atoms with E-state index in [1.54, 1.807) is 6.07 Å². The Hall–Kier alpha value is -3.70. The lowest BCUT2D eigenvalue weighted by Gasteiger charge is -2.32. The van der Waals surface area contributed by atoms with Gasteiger partial charge in [-0.15, -0.1) is 0 Å². The van der Waals surface area contributed by atoms with Crippen molar-refractivity contribution in [1.29, 1.82) is 0 Å². The van der Waals surface area contributed by atoms with Gasteiger partial charge in [0.2, 0.25) is 5.88 Å². The monoisotopic (exact) mass is 801 g/mol. The first-order chi connectivity index (χ1) is 28.3. The van der Waals surface area contributed by atoms with Gasteiger partial charge in [0.05, 0.1) is 34.9 Å². The highest BCUT2D eigenvalue weighted by Gasteiger charge is 2.30. The van der Waals surface area contributed by atoms with Crippen molar-refractivity contribution >= 4 is 27.2 Å². The molecule has 15 heteroatoms. The van der Waals surface area contributed by atoms with E-state index in [4.69, 9.17) is 9.73 Å². The van der Waals surface area contributed by atoms with Crippen LogP contribution in [0.3, 0.4) is 0 Å². The number of nitrogens with zero attached hydrogens (tertiary/aromatic N) is 9. The van der Waals surface area contributed by atoms with Crippen LogP contribution in [-0.4, -0.2) is 189 Å². The fourth-order valence-corrected chi connectivity index (χ4v) is 9.48. The lowest BCUT2D eigenvalue weighted by Crippen LogP contribution is -2.44. The molecule has 15 nitrogen and oxygen atoms in total. The molecule has 5 aliphatic heterocycles. The number of piperazine rings is 2. The summed E-state index contributed by atoms with van der Waals surface area (Å²) in [6.45, 7) is 17.7. The number of nitrogens with one attached hydrogen (secondary N) is 1. The molecule has 0 amide bonds. The highest BCUT2D eigenvalue weighted by Crippen LogP contribution is 2.40. The van der Waals surface area contributed by atoms with Gasteiger partial charge in [-0.05, 0) is 78.1 Å². The SMILES string of the molecule is CN1CCN(CCCN=c2cc3c(=O)n(CCN4CCCCC4)c(=O)c4c(NCCCN5CCN(C)CC5)cc5c(O)n(CCN6CCOCC6)c(=O)c2c5c4-3)CC1. The second kappa shape index (κ2) is 18.7. The molecule has 8 rings (SSSR count). The van der Waals surface area contributed by atoms with E-state index in [1.165, 1.54) is 15.6 Å². The molecule has 1 aromatic heterocycles. The molecule has 0 spiro atoms. The van der Waals surface area contributed by atoms with Gasteiger partial charge in [-0.2, -0.15) is 0 Å². The first-order valence-electron chi connectivity index (χ1n) is 21.9. The van der Waals surface area contributed by atoms with Gasteiger partial charge in [0.15, 0.2) is 0 Å². The number of anilines is 1. The topological polar surface area (TPSA) is 134 Å². The zero-order valence-corrected chi connectivity index (χ0v) is 34.9. The van der Waals surface area contributed by atoms with E-state index in [2.05, 4.69) is 48.8 Å². The molecule has 0 bridgehead atoms. The summed E-state index contributed by atoms with van der Waals surface area (Å²) in [5.41, 5.74) is 0.326. The minimum Gasteiger partial charge on any atom is -0.494 e. The van der Waals surface area contributed by atoms with Crippen LogP contribution in [0.25, 0.3) is 32.7 Å². The Bertz CT molecular complexity index is 2200. The van der Waals surface area contributed by atoms with Gasteiger partial charge >= 0.3 is 0 Å². The van der Waals surface area contributed by atoms with Crippen LogP contribution in [-0.2, 0) is 17.8 Å². The van der Waals surface area contributed by atoms with E-state index in [-0.39, 0.29) is 35.6 Å². The molecule has 0 unspecified atom stereocenters. The van der Waals surface area contributed by atoms with Gasteiger partial charge in [0.25, 0.3) is 16.7 Å². The van der Waals surface area contributed by atoms with Crippen LogP contribution in [0.1, 0.15) is 32.1 Å². The number of likely N-dealkylation sites (tertiary alicyclic amines) is 1. The van der Waals surface area contributed by atoms with Crippen LogP contribution >= 0.6 is 0 Å². The Kier molecular flexibility index (Phi) is 13.2. The lowest BCUT2D eigenvalue weighted by atomic mass is 9.89. The van der Waals surface area contributed by atoms with Gasteiger partial charge in [-0.25, -0.2) is 0 Å². The van der Waals surface area contributed by atoms with Crippen molar-refractivity contribution in [2.24, 2.45) is 4.99 Å². The Morgan fingerprint density at radius 1 is 0.621 bits per heavy atom. The number of aromatic hydroxyl groups is 1. The summed E-state index contributed by atoms with van der Waals surface area (Å²) in [6, 6.07) is 3.61. The van der Waals surface area contributed by atoms with E-state index in [1.807, 2.05) is 6.07 Å². The number of morpholine rings is 1. The van der Waals surface area contributed by atoms with E-state index in [9.17, 15) is 19.5 Å². The summed E-state index contributed by atoms with van der Waals surface area (Å²) in [7, 11) is 4.31. The highest BCUT2D eigenvalue weighted by atomic mass is 16.5. The molecule has 0 saturated carbocycles. The van der Waals surface area contributed by atoms with Crippen LogP contribution in [0.4, 0.5) is 5.69 Å². The molecule has 6 aliphatic rings. The first kappa shape index (κ1) is 41.1. The molecule has 1 aliphatic carbocycles. The van der Waals surface area contributed by atoms with Crippen molar-refractivity contribution in [3.8, 4) is 17.0 Å². The molecular weight excluding hydrogens is 737 g/mol. The van der Waals surface area contributed by atoms with E-state index < -0.39 is 0 Å². The predicted molar refractivity (Wildman–Crippen MR) is 230 cm³/mol. The molecule has 4 fully saturated rings. The smallest absolute Gasteiger partial charge is 0.263 e. The number of rotatable bonds is 15. The number of pyridine rings is 2. The van der Waals surface area contributed by atoms with Crippen LogP contribution in [0, 0.1) is 0 Å². The van der Waals surface area contributed by atoms with E-state index in [0.717, 1.165) is 117 Å². The highest BCUT2D eigenvalue weighted by molar-refractivity contribution is 6.18. The summed E-state index contributed by atoms with van der Waals surface area (Å²) < 4.78 is 8.43. The molecule has 0 radical (unpaired) electrons. The minimum atomic E-state index is -0.366. The third-order valence-corrected chi connectivity index (χ3v) is 13.2. The van der Waals surface area contributed by atoms with Crippen molar-refractivity contribution in [2.75, 3.05) is 150 Å². The molecule has 316 valence electrons. The number of ether oxygens (including phenoxy) is 1. The summed E-state index contributed by atoms with van der Waals surface area (Å²) in [5, 5.41) is 17.8. The van der Waals surface area contributed by atoms with E-state index >= 15 is 0 Å². The second-order valence-corrected chi connectivity index (χ2v) is 17.1. The fraction of sp³-hybridized carbons (Fsp3) is 0.674. The maximum atomic E-state index is 14.7. The van der Waals surface area contributed by atoms with Crippen molar-refractivity contribution in [1.82, 2.24) is 38.5 Å². The van der Waals surface area contributed by atoms with Crippen LogP contribution < -0.4 is 27.4 Å². The number of benzene rings is 2. The quantitative estimate of drug-likeness (QED) is 0.130. The van der Waals surface area contributed by atoms with Gasteiger partial charge < -0.3 is 39.7 Å². The number of aromatic nitrogens is 2. The largest absolute Gasteiger partial charge is 0.494 e. The van der Waals surface area contributed by atoms with Gasteiger partial charge in [0, 0.05) is 127 Å². The molecule has 58 heavy (non-hydrogen) atoms. The number of hydrogen-bond acceptors (Lipinski definition) is 13. The number of piperidine rings is 1. The van der Waals surface area contributed by atoms with Crippen molar-refractivity contribution in [3.05, 3.63) is 48.6 Å². The normalized spacial score (nSPS) is 20.7. The summed E-state index contributed by atoms with van der Waals surface area (Å²) in [4.78, 5) is 63.4. The second-order valence-electron chi connectivity index (χ2n) is 17.1. The van der Waals surface area contributed by atoms with Crippen molar-refractivity contribution < 1.29 is 9.84 Å². The lowest BCUT2D eigenvalue weighted by molar-refractivity contribution is 0.0361. The van der Waals surface area contributed by atoms with Gasteiger partial charge in [-0.1, -0.05) is 6.42 Å². The molecule has 1 aromatic carbocycles. The molecule has 4 saturated heterocycles. The van der Waals surface area contributed by atoms with Gasteiger partial charge in [0.1, 0.15) is 0 Å². The van der Waals surface area contributed by atoms with Crippen molar-refractivity contribution in [3.63, 3.8) is 0 Å². The maximum Gasteiger partial charge on any atom is 0.263 e. The fourth-order valence-electron chi connectivity index (χ4n) is 9.48. The van der Waals surface area contributed by atoms with Crippen LogP contribution in [0.2, 0.25) is 0 Å². The molecule has 6 heterocycles. The Balaban J connectivity index is 1.23. The zero-order chi connectivity index (χ0) is 40.2. The Morgan fingerprint density at radius 2 is 1.21 bits per heavy atom. The van der Waals surface area contributed by atoms with Crippen LogP contribution in [0.5, 0.6) is 5.88 Å². The summed E-state index contributed by atoms with van der Waals surface area (Å²) in [5.74, 6) is -0.150. The zero-order valence-electron chi connectivity index (χ0n) is 34.9. The molecule has 2 N–H and O–H groups in total. The Labute approximate surface area is 341 Å². The van der Waals surface area contributed by atoms with E-state index in [0.29, 0.717) is 83.1 Å². The third kappa shape index (κ3) is 8.91. The average molecular weight is 801 g/mol. The maximum absolute atomic E-state index is 14.7. The standard InChI is InChI=1S/C43H64N10O5/c1-46-14-18-49(19-15-46)12-6-8-44-34-31-33-37-36-32(40(54)52(42(56)38(34)36)24-22-48-10-4-3-5-11-48)30-35(45-9-7-13-50-20-16-47(2)17-21-50)39(37)43(57)53(41(33)55)25-23-51-26-28-58-29-27-51/h30-31,44,55H,3-29H2,1-2H3.